The quantitative estimate of drug-likeness (QED) is 0.620. The van der Waals surface area contributed by atoms with E-state index in [1.54, 1.807) is 13.3 Å². The molecule has 0 saturated carbocycles. The molecule has 7 heteroatoms. The molecule has 4 N–H and O–H groups in total. The van der Waals surface area contributed by atoms with E-state index >= 15 is 0 Å². The van der Waals surface area contributed by atoms with E-state index in [9.17, 15) is 0 Å². The van der Waals surface area contributed by atoms with Gasteiger partial charge in [-0.1, -0.05) is 30.3 Å². The summed E-state index contributed by atoms with van der Waals surface area (Å²) < 4.78 is 5.19. The van der Waals surface area contributed by atoms with Crippen LogP contribution in [0.15, 0.2) is 60.8 Å². The predicted molar refractivity (Wildman–Crippen MR) is 105 cm³/mol. The maximum absolute atomic E-state index is 5.73. The van der Waals surface area contributed by atoms with Crippen LogP contribution in [-0.4, -0.2) is 22.2 Å². The molecule has 1 heterocycles. The number of benzene rings is 2. The molecule has 2 aromatic carbocycles. The Morgan fingerprint density at radius 1 is 1.04 bits per heavy atom. The number of nitrogens with two attached hydrogens (primary N) is 1. The van der Waals surface area contributed by atoms with Gasteiger partial charge in [0.25, 0.3) is 0 Å². The second-order valence-corrected chi connectivity index (χ2v) is 5.57. The number of nitrogens with zero attached hydrogens (tertiary/aromatic N) is 2. The van der Waals surface area contributed by atoms with Crippen molar-refractivity contribution in [2.45, 2.75) is 0 Å². The summed E-state index contributed by atoms with van der Waals surface area (Å²) in [6, 6.07) is 17.2. The molecule has 0 radical (unpaired) electrons. The molecular formula is C18H17N5OS. The molecule has 0 fully saturated rings. The fourth-order valence-corrected chi connectivity index (χ4v) is 2.48. The van der Waals surface area contributed by atoms with E-state index in [0.29, 0.717) is 10.9 Å². The van der Waals surface area contributed by atoms with Gasteiger partial charge in [0.05, 0.1) is 7.11 Å². The highest BCUT2D eigenvalue weighted by molar-refractivity contribution is 7.80. The fourth-order valence-electron chi connectivity index (χ4n) is 2.26. The van der Waals surface area contributed by atoms with Crippen LogP contribution < -0.4 is 21.1 Å². The van der Waals surface area contributed by atoms with Crippen LogP contribution in [0.25, 0.3) is 11.1 Å². The summed E-state index contributed by atoms with van der Waals surface area (Å²) in [4.78, 5) is 8.35. The highest BCUT2D eigenvalue weighted by Gasteiger charge is 2.10. The number of para-hydroxylation sites is 1. The van der Waals surface area contributed by atoms with Gasteiger partial charge < -0.3 is 21.1 Å². The molecule has 0 unspecified atom stereocenters. The Balaban J connectivity index is 1.84. The maximum Gasteiger partial charge on any atom is 0.221 e. The molecule has 3 rings (SSSR count). The number of rotatable bonds is 4. The normalized spacial score (nSPS) is 10.1. The second-order valence-electron chi connectivity index (χ2n) is 5.16. The van der Waals surface area contributed by atoms with Crippen molar-refractivity contribution < 1.29 is 4.74 Å². The second kappa shape index (κ2) is 7.59. The first-order valence-corrected chi connectivity index (χ1v) is 7.96. The minimum Gasteiger partial charge on any atom is -0.497 e. The summed E-state index contributed by atoms with van der Waals surface area (Å²) >= 11 is 5.37. The number of thiocarbonyl (C=S) groups is 1. The fraction of sp³-hybridized carbons (Fsp3) is 0.0556. The molecule has 0 saturated heterocycles. The number of aromatic nitrogens is 2. The van der Waals surface area contributed by atoms with Crippen LogP contribution in [0.2, 0.25) is 0 Å². The number of methoxy groups -OCH3 is 1. The van der Waals surface area contributed by atoms with Gasteiger partial charge in [0.2, 0.25) is 5.95 Å². The predicted octanol–water partition coefficient (Wildman–Crippen LogP) is 3.54. The Morgan fingerprint density at radius 2 is 1.76 bits per heavy atom. The monoisotopic (exact) mass is 351 g/mol. The van der Waals surface area contributed by atoms with E-state index in [2.05, 4.69) is 20.6 Å². The molecule has 126 valence electrons. The first-order chi connectivity index (χ1) is 12.2. The minimum absolute atomic E-state index is 0.169. The minimum atomic E-state index is 0.169. The van der Waals surface area contributed by atoms with E-state index < -0.39 is 0 Å². The molecular weight excluding hydrogens is 334 g/mol. The highest BCUT2D eigenvalue weighted by atomic mass is 32.1. The lowest BCUT2D eigenvalue weighted by atomic mass is 10.1. The molecule has 0 bridgehead atoms. The Labute approximate surface area is 151 Å². The van der Waals surface area contributed by atoms with Gasteiger partial charge in [0, 0.05) is 17.4 Å². The number of nitrogen functional groups attached to an aromatic ring is 1. The first kappa shape index (κ1) is 16.7. The van der Waals surface area contributed by atoms with Crippen molar-refractivity contribution in [1.29, 1.82) is 0 Å². The Kier molecular flexibility index (Phi) is 5.06. The molecule has 0 aliphatic carbocycles. The largest absolute Gasteiger partial charge is 0.497 e. The van der Waals surface area contributed by atoms with Crippen molar-refractivity contribution in [1.82, 2.24) is 9.97 Å². The SMILES string of the molecule is COc1ccc(-c2cnc(N)nc2NC(=S)Nc2ccccc2)cc1. The van der Waals surface area contributed by atoms with Gasteiger partial charge >= 0.3 is 0 Å². The number of hydrogen-bond donors (Lipinski definition) is 3. The summed E-state index contributed by atoms with van der Waals surface area (Å²) in [5, 5.41) is 6.61. The Hall–Kier alpha value is -3.19. The number of nitrogens with one attached hydrogen (secondary N) is 2. The summed E-state index contributed by atoms with van der Waals surface area (Å²) in [5.41, 5.74) is 8.32. The molecule has 1 aromatic heterocycles. The average molecular weight is 351 g/mol. The van der Waals surface area contributed by atoms with E-state index in [-0.39, 0.29) is 5.95 Å². The molecule has 3 aromatic rings. The van der Waals surface area contributed by atoms with Crippen LogP contribution in [0.1, 0.15) is 0 Å². The van der Waals surface area contributed by atoms with Crippen LogP contribution in [0.4, 0.5) is 17.5 Å². The van der Waals surface area contributed by atoms with E-state index in [4.69, 9.17) is 22.7 Å². The van der Waals surface area contributed by atoms with Crippen molar-refractivity contribution >= 4 is 34.8 Å². The van der Waals surface area contributed by atoms with Crippen molar-refractivity contribution in [3.8, 4) is 16.9 Å². The molecule has 6 nitrogen and oxygen atoms in total. The van der Waals surface area contributed by atoms with Crippen LogP contribution in [-0.2, 0) is 0 Å². The van der Waals surface area contributed by atoms with E-state index in [1.807, 2.05) is 54.6 Å². The number of ether oxygens (including phenoxy) is 1. The van der Waals surface area contributed by atoms with Gasteiger partial charge in [0.1, 0.15) is 11.6 Å². The van der Waals surface area contributed by atoms with Gasteiger partial charge in [0.15, 0.2) is 5.11 Å². The number of anilines is 3. The smallest absolute Gasteiger partial charge is 0.221 e. The van der Waals surface area contributed by atoms with Crippen LogP contribution in [0.3, 0.4) is 0 Å². The molecule has 0 aliphatic rings. The van der Waals surface area contributed by atoms with Crippen LogP contribution >= 0.6 is 12.2 Å². The zero-order valence-corrected chi connectivity index (χ0v) is 14.4. The summed E-state index contributed by atoms with van der Waals surface area (Å²) in [5.74, 6) is 1.48. The zero-order chi connectivity index (χ0) is 17.6. The molecule has 0 atom stereocenters. The third kappa shape index (κ3) is 4.21. The van der Waals surface area contributed by atoms with Crippen molar-refractivity contribution in [2.24, 2.45) is 0 Å². The molecule has 0 amide bonds. The van der Waals surface area contributed by atoms with Crippen molar-refractivity contribution in [3.05, 3.63) is 60.8 Å². The molecule has 0 aliphatic heterocycles. The van der Waals surface area contributed by atoms with Crippen LogP contribution in [0, 0.1) is 0 Å². The summed E-state index contributed by atoms with van der Waals surface area (Å²) in [7, 11) is 1.63. The van der Waals surface area contributed by atoms with Gasteiger partial charge in [-0.05, 0) is 42.0 Å². The van der Waals surface area contributed by atoms with Crippen molar-refractivity contribution in [2.75, 3.05) is 23.5 Å². The van der Waals surface area contributed by atoms with Crippen LogP contribution in [0.5, 0.6) is 5.75 Å². The highest BCUT2D eigenvalue weighted by Crippen LogP contribution is 2.28. The lowest BCUT2D eigenvalue weighted by Crippen LogP contribution is -2.20. The average Bonchev–Trinajstić information content (AvgIpc) is 2.63. The van der Waals surface area contributed by atoms with Crippen molar-refractivity contribution in [3.63, 3.8) is 0 Å². The first-order valence-electron chi connectivity index (χ1n) is 7.55. The van der Waals surface area contributed by atoms with E-state index in [0.717, 1.165) is 22.6 Å². The maximum atomic E-state index is 5.73. The lowest BCUT2D eigenvalue weighted by Gasteiger charge is -2.13. The third-order valence-electron chi connectivity index (χ3n) is 3.47. The van der Waals surface area contributed by atoms with Gasteiger partial charge in [-0.2, -0.15) is 4.98 Å². The zero-order valence-electron chi connectivity index (χ0n) is 13.6. The standard InChI is InChI=1S/C18H17N5OS/c1-24-14-9-7-12(8-10-14)15-11-20-17(19)22-16(15)23-18(25)21-13-5-3-2-4-6-13/h2-11H,1H3,(H4,19,20,21,22,23,25). The van der Waals surface area contributed by atoms with Gasteiger partial charge in [-0.25, -0.2) is 4.98 Å². The van der Waals surface area contributed by atoms with Gasteiger partial charge in [-0.3, -0.25) is 0 Å². The van der Waals surface area contributed by atoms with Gasteiger partial charge in [-0.15, -0.1) is 0 Å². The Morgan fingerprint density at radius 3 is 2.44 bits per heavy atom. The molecule has 0 spiro atoms. The number of hydrogen-bond acceptors (Lipinski definition) is 5. The van der Waals surface area contributed by atoms with E-state index in [1.165, 1.54) is 0 Å². The third-order valence-corrected chi connectivity index (χ3v) is 3.68. The lowest BCUT2D eigenvalue weighted by molar-refractivity contribution is 0.415. The topological polar surface area (TPSA) is 85.1 Å². The Bertz CT molecular complexity index is 868. The summed E-state index contributed by atoms with van der Waals surface area (Å²) in [6.07, 6.45) is 1.66. The molecule has 25 heavy (non-hydrogen) atoms. The summed E-state index contributed by atoms with van der Waals surface area (Å²) in [6.45, 7) is 0.